The predicted octanol–water partition coefficient (Wildman–Crippen LogP) is 3.60. The number of halogens is 2. The van der Waals surface area contributed by atoms with Crippen LogP contribution in [-0.4, -0.2) is 0 Å². The molecule has 0 aliphatic rings. The van der Waals surface area contributed by atoms with E-state index >= 15 is 0 Å². The van der Waals surface area contributed by atoms with Gasteiger partial charge in [-0.1, -0.05) is 17.2 Å². The van der Waals surface area contributed by atoms with Crippen LogP contribution < -0.4 is 5.30 Å². The molecule has 0 aliphatic carbocycles. The second-order valence-electron chi connectivity index (χ2n) is 2.81. The molecule has 0 aliphatic heterocycles. The van der Waals surface area contributed by atoms with Gasteiger partial charge in [-0.25, -0.2) is 0 Å². The highest BCUT2D eigenvalue weighted by Gasteiger charge is 2.17. The summed E-state index contributed by atoms with van der Waals surface area (Å²) in [5.41, 5.74) is 2.04. The zero-order valence-corrected chi connectivity index (χ0v) is 9.25. The van der Waals surface area contributed by atoms with Crippen molar-refractivity contribution >= 4 is 33.6 Å². The normalized spacial score (nSPS) is 11.7. The molecule has 1 rings (SSSR count). The standard InChI is InChI=1S/C8H9Cl2OP/c1-6-3-7(2)5-8(4-6)12(9,10)11/h3-5H,1-2H3. The molecule has 0 spiro atoms. The quantitative estimate of drug-likeness (QED) is 0.664. The third kappa shape index (κ3) is 2.52. The van der Waals surface area contributed by atoms with Crippen molar-refractivity contribution in [3.05, 3.63) is 29.3 Å². The van der Waals surface area contributed by atoms with Crippen molar-refractivity contribution in [3.8, 4) is 0 Å². The Morgan fingerprint density at radius 3 is 1.83 bits per heavy atom. The summed E-state index contributed by atoms with van der Waals surface area (Å²) in [7, 11) is 0. The monoisotopic (exact) mass is 222 g/mol. The van der Waals surface area contributed by atoms with E-state index in [1.165, 1.54) is 0 Å². The number of hydrogen-bond donors (Lipinski definition) is 0. The lowest BCUT2D eigenvalue weighted by molar-refractivity contribution is 0.597. The molecule has 1 aromatic rings. The Kier molecular flexibility index (Phi) is 2.88. The minimum Gasteiger partial charge on any atom is -0.284 e. The second kappa shape index (κ2) is 3.41. The van der Waals surface area contributed by atoms with Gasteiger partial charge in [-0.3, -0.25) is 4.57 Å². The number of benzene rings is 1. The lowest BCUT2D eigenvalue weighted by atomic mass is 10.2. The highest BCUT2D eigenvalue weighted by atomic mass is 35.9. The lowest BCUT2D eigenvalue weighted by Crippen LogP contribution is -1.98. The summed E-state index contributed by atoms with van der Waals surface area (Å²) in [6.07, 6.45) is 0. The van der Waals surface area contributed by atoms with Crippen LogP contribution in [0, 0.1) is 13.8 Å². The Morgan fingerprint density at radius 1 is 1.08 bits per heavy atom. The molecule has 0 fully saturated rings. The molecule has 66 valence electrons. The third-order valence-corrected chi connectivity index (χ3v) is 3.54. The molecule has 0 saturated carbocycles. The van der Waals surface area contributed by atoms with Crippen LogP contribution in [0.5, 0.6) is 0 Å². The van der Waals surface area contributed by atoms with Gasteiger partial charge in [0.1, 0.15) is 0 Å². The Hall–Kier alpha value is 0.0300. The second-order valence-corrected chi connectivity index (χ2v) is 7.62. The van der Waals surface area contributed by atoms with Crippen LogP contribution in [0.2, 0.25) is 0 Å². The first kappa shape index (κ1) is 10.1. The molecule has 0 saturated heterocycles. The molecule has 0 heterocycles. The van der Waals surface area contributed by atoms with Crippen molar-refractivity contribution in [2.24, 2.45) is 0 Å². The molecule has 0 aromatic heterocycles. The van der Waals surface area contributed by atoms with Gasteiger partial charge in [0, 0.05) is 5.30 Å². The van der Waals surface area contributed by atoms with Crippen LogP contribution in [0.3, 0.4) is 0 Å². The smallest absolute Gasteiger partial charge is 0.281 e. The SMILES string of the molecule is Cc1cc(C)cc(P(=O)(Cl)Cl)c1. The maximum atomic E-state index is 11.3. The van der Waals surface area contributed by atoms with Gasteiger partial charge in [0.15, 0.2) is 0 Å². The fourth-order valence-corrected chi connectivity index (χ4v) is 2.39. The molecule has 4 heteroatoms. The highest BCUT2D eigenvalue weighted by Crippen LogP contribution is 2.55. The third-order valence-electron chi connectivity index (χ3n) is 1.51. The summed E-state index contributed by atoms with van der Waals surface area (Å²) < 4.78 is 11.3. The van der Waals surface area contributed by atoms with Crippen molar-refractivity contribution < 1.29 is 4.57 Å². The van der Waals surface area contributed by atoms with Gasteiger partial charge in [-0.05, 0) is 48.5 Å². The fraction of sp³-hybridized carbons (Fsp3) is 0.250. The first-order valence-electron chi connectivity index (χ1n) is 3.48. The molecule has 0 unspecified atom stereocenters. The van der Waals surface area contributed by atoms with Crippen molar-refractivity contribution in [1.29, 1.82) is 0 Å². The maximum absolute atomic E-state index is 11.3. The predicted molar refractivity (Wildman–Crippen MR) is 54.9 cm³/mol. The highest BCUT2D eigenvalue weighted by molar-refractivity contribution is 8.13. The van der Waals surface area contributed by atoms with Crippen LogP contribution in [0.25, 0.3) is 0 Å². The first-order chi connectivity index (χ1) is 5.39. The van der Waals surface area contributed by atoms with E-state index in [4.69, 9.17) is 22.5 Å². The van der Waals surface area contributed by atoms with E-state index in [0.717, 1.165) is 11.1 Å². The zero-order chi connectivity index (χ0) is 9.35. The largest absolute Gasteiger partial charge is 0.284 e. The molecular weight excluding hydrogens is 214 g/mol. The average molecular weight is 223 g/mol. The summed E-state index contributed by atoms with van der Waals surface area (Å²) in [6.45, 7) is 3.83. The Bertz CT molecular complexity index is 323. The molecular formula is C8H9Cl2OP. The van der Waals surface area contributed by atoms with Gasteiger partial charge in [-0.15, -0.1) is 0 Å². The molecule has 0 amide bonds. The van der Waals surface area contributed by atoms with Crippen LogP contribution in [0.15, 0.2) is 18.2 Å². The molecule has 1 aromatic carbocycles. The fourth-order valence-electron chi connectivity index (χ4n) is 1.10. The Balaban J connectivity index is 3.27. The molecule has 12 heavy (non-hydrogen) atoms. The lowest BCUT2D eigenvalue weighted by Gasteiger charge is -2.04. The van der Waals surface area contributed by atoms with E-state index in [9.17, 15) is 4.57 Å². The van der Waals surface area contributed by atoms with E-state index < -0.39 is 5.85 Å². The van der Waals surface area contributed by atoms with Gasteiger partial charge in [-0.2, -0.15) is 0 Å². The summed E-state index contributed by atoms with van der Waals surface area (Å²) in [5, 5.41) is 0.517. The minimum absolute atomic E-state index is 0.517. The van der Waals surface area contributed by atoms with Crippen molar-refractivity contribution in [3.63, 3.8) is 0 Å². The molecule has 0 N–H and O–H groups in total. The van der Waals surface area contributed by atoms with Crippen LogP contribution in [-0.2, 0) is 4.57 Å². The Labute approximate surface area is 81.6 Å². The van der Waals surface area contributed by atoms with E-state index in [1.807, 2.05) is 19.9 Å². The number of hydrogen-bond acceptors (Lipinski definition) is 1. The molecule has 0 bridgehead atoms. The molecule has 0 radical (unpaired) electrons. The van der Waals surface area contributed by atoms with Crippen LogP contribution in [0.1, 0.15) is 11.1 Å². The van der Waals surface area contributed by atoms with Gasteiger partial charge >= 0.3 is 0 Å². The molecule has 1 nitrogen and oxygen atoms in total. The van der Waals surface area contributed by atoms with Gasteiger partial charge in [0.2, 0.25) is 0 Å². The topological polar surface area (TPSA) is 17.1 Å². The van der Waals surface area contributed by atoms with Gasteiger partial charge in [0.05, 0.1) is 0 Å². The number of aryl methyl sites for hydroxylation is 2. The Morgan fingerprint density at radius 2 is 1.50 bits per heavy atom. The maximum Gasteiger partial charge on any atom is 0.281 e. The average Bonchev–Trinajstić information content (AvgIpc) is 1.82. The summed E-state index contributed by atoms with van der Waals surface area (Å²) >= 11 is 11.0. The van der Waals surface area contributed by atoms with Crippen molar-refractivity contribution in [2.75, 3.05) is 0 Å². The van der Waals surface area contributed by atoms with E-state index in [2.05, 4.69) is 0 Å². The zero-order valence-electron chi connectivity index (χ0n) is 6.84. The number of rotatable bonds is 1. The summed E-state index contributed by atoms with van der Waals surface area (Å²) in [6, 6.07) is 5.47. The minimum atomic E-state index is -3.13. The van der Waals surface area contributed by atoms with E-state index in [0.29, 0.717) is 5.30 Å². The molecule has 0 atom stereocenters. The van der Waals surface area contributed by atoms with Crippen molar-refractivity contribution in [1.82, 2.24) is 0 Å². The van der Waals surface area contributed by atoms with Crippen LogP contribution >= 0.6 is 28.3 Å². The van der Waals surface area contributed by atoms with E-state index in [1.54, 1.807) is 12.1 Å². The van der Waals surface area contributed by atoms with Crippen LogP contribution in [0.4, 0.5) is 0 Å². The first-order valence-corrected chi connectivity index (χ1v) is 6.99. The summed E-state index contributed by atoms with van der Waals surface area (Å²) in [4.78, 5) is 0. The van der Waals surface area contributed by atoms with Gasteiger partial charge < -0.3 is 0 Å². The summed E-state index contributed by atoms with van der Waals surface area (Å²) in [5.74, 6) is -3.13. The van der Waals surface area contributed by atoms with E-state index in [-0.39, 0.29) is 0 Å². The van der Waals surface area contributed by atoms with Crippen molar-refractivity contribution in [2.45, 2.75) is 13.8 Å². The van der Waals surface area contributed by atoms with Gasteiger partial charge in [0.25, 0.3) is 5.85 Å².